The van der Waals surface area contributed by atoms with E-state index in [9.17, 15) is 0 Å². The lowest BCUT2D eigenvalue weighted by Crippen LogP contribution is -1.83. The molecule has 1 heteroatoms. The average Bonchev–Trinajstić information content (AvgIpc) is 1.89. The zero-order valence-electron chi connectivity index (χ0n) is 5.76. The maximum atomic E-state index is 3.97. The molecular weight excluding hydrogens is 110 g/mol. The van der Waals surface area contributed by atoms with Crippen LogP contribution in [0.4, 0.5) is 0 Å². The average molecular weight is 120 g/mol. The Hall–Kier alpha value is -0.850. The second kappa shape index (κ2) is 2.62. The van der Waals surface area contributed by atoms with Crippen LogP contribution in [0, 0.1) is 13.3 Å². The Labute approximate surface area is 55.7 Å². The topological polar surface area (TPSA) is 12.9 Å². The molecule has 1 aromatic heterocycles. The Bertz CT molecular complexity index is 194. The molecule has 1 aromatic rings. The zero-order valence-corrected chi connectivity index (χ0v) is 5.76. The third-order valence-corrected chi connectivity index (χ3v) is 1.37. The summed E-state index contributed by atoms with van der Waals surface area (Å²) in [7, 11) is 0. The Balaban J connectivity index is 3.01. The van der Waals surface area contributed by atoms with Gasteiger partial charge in [0.15, 0.2) is 0 Å². The van der Waals surface area contributed by atoms with Crippen LogP contribution >= 0.6 is 0 Å². The molecule has 0 aliphatic rings. The van der Waals surface area contributed by atoms with Crippen molar-refractivity contribution in [1.29, 1.82) is 0 Å². The lowest BCUT2D eigenvalue weighted by Gasteiger charge is -1.97. The molecule has 1 rings (SSSR count). The van der Waals surface area contributed by atoms with Gasteiger partial charge in [-0.25, -0.2) is 0 Å². The van der Waals surface area contributed by atoms with Crippen molar-refractivity contribution in [2.45, 2.75) is 13.8 Å². The molecule has 0 aromatic carbocycles. The molecule has 1 nitrogen and oxygen atoms in total. The fraction of sp³-hybridized carbons (Fsp3) is 0.250. The molecule has 0 bridgehead atoms. The summed E-state index contributed by atoms with van der Waals surface area (Å²) < 4.78 is 0. The number of aromatic nitrogens is 1. The van der Waals surface area contributed by atoms with Gasteiger partial charge < -0.3 is 0 Å². The normalized spacial score (nSPS) is 9.56. The van der Waals surface area contributed by atoms with Gasteiger partial charge in [-0.2, -0.15) is 0 Å². The van der Waals surface area contributed by atoms with Gasteiger partial charge in [0.05, 0.1) is 0 Å². The van der Waals surface area contributed by atoms with Gasteiger partial charge in [-0.1, -0.05) is 6.92 Å². The lowest BCUT2D eigenvalue weighted by molar-refractivity contribution is 1.22. The van der Waals surface area contributed by atoms with Crippen LogP contribution in [0.2, 0.25) is 0 Å². The van der Waals surface area contributed by atoms with Crippen LogP contribution in [0.3, 0.4) is 0 Å². The molecule has 1 heterocycles. The van der Waals surface area contributed by atoms with Crippen molar-refractivity contribution in [1.82, 2.24) is 4.98 Å². The molecule has 0 fully saturated rings. The SMILES string of the molecule is C[CH]c1ccncc1C. The van der Waals surface area contributed by atoms with Crippen molar-refractivity contribution in [2.24, 2.45) is 0 Å². The highest BCUT2D eigenvalue weighted by Gasteiger charge is 1.90. The monoisotopic (exact) mass is 120 g/mol. The number of pyridine rings is 1. The minimum atomic E-state index is 1.24. The molecule has 0 saturated carbocycles. The number of aryl methyl sites for hydroxylation is 1. The highest BCUT2D eigenvalue weighted by atomic mass is 14.6. The predicted molar refractivity (Wildman–Crippen MR) is 38.1 cm³/mol. The lowest BCUT2D eigenvalue weighted by atomic mass is 10.1. The van der Waals surface area contributed by atoms with Gasteiger partial charge in [0.1, 0.15) is 0 Å². The first-order valence-electron chi connectivity index (χ1n) is 3.04. The second-order valence-corrected chi connectivity index (χ2v) is 2.02. The summed E-state index contributed by atoms with van der Waals surface area (Å²) in [5.74, 6) is 0. The fourth-order valence-electron chi connectivity index (χ4n) is 0.808. The molecule has 0 atom stereocenters. The molecule has 0 amide bonds. The molecule has 0 unspecified atom stereocenters. The summed E-state index contributed by atoms with van der Waals surface area (Å²) >= 11 is 0. The predicted octanol–water partition coefficient (Wildman–Crippen LogP) is 1.96. The Kier molecular flexibility index (Phi) is 1.83. The van der Waals surface area contributed by atoms with Gasteiger partial charge in [-0.05, 0) is 30.5 Å². The van der Waals surface area contributed by atoms with E-state index in [-0.39, 0.29) is 0 Å². The Morgan fingerprint density at radius 3 is 2.78 bits per heavy atom. The second-order valence-electron chi connectivity index (χ2n) is 2.02. The van der Waals surface area contributed by atoms with Crippen molar-refractivity contribution in [3.05, 3.63) is 36.0 Å². The van der Waals surface area contributed by atoms with Crippen LogP contribution in [0.1, 0.15) is 18.1 Å². The van der Waals surface area contributed by atoms with Gasteiger partial charge in [0.2, 0.25) is 0 Å². The summed E-state index contributed by atoms with van der Waals surface area (Å²) in [5, 5.41) is 0. The molecule has 0 N–H and O–H groups in total. The molecule has 0 saturated heterocycles. The van der Waals surface area contributed by atoms with Gasteiger partial charge in [0, 0.05) is 12.4 Å². The van der Waals surface area contributed by atoms with Crippen LogP contribution in [-0.2, 0) is 0 Å². The van der Waals surface area contributed by atoms with Gasteiger partial charge in [0.25, 0.3) is 0 Å². The molecule has 9 heavy (non-hydrogen) atoms. The summed E-state index contributed by atoms with van der Waals surface area (Å²) in [6, 6.07) is 2.01. The summed E-state index contributed by atoms with van der Waals surface area (Å²) in [5.41, 5.74) is 2.50. The van der Waals surface area contributed by atoms with E-state index < -0.39 is 0 Å². The number of nitrogens with zero attached hydrogens (tertiary/aromatic N) is 1. The van der Waals surface area contributed by atoms with Gasteiger partial charge in [-0.15, -0.1) is 0 Å². The van der Waals surface area contributed by atoms with Gasteiger partial charge in [-0.3, -0.25) is 4.98 Å². The van der Waals surface area contributed by atoms with Crippen molar-refractivity contribution in [3.8, 4) is 0 Å². The number of hydrogen-bond donors (Lipinski definition) is 0. The summed E-state index contributed by atoms with van der Waals surface area (Å²) in [4.78, 5) is 3.97. The molecule has 0 spiro atoms. The molecule has 47 valence electrons. The van der Waals surface area contributed by atoms with Gasteiger partial charge >= 0.3 is 0 Å². The fourth-order valence-corrected chi connectivity index (χ4v) is 0.808. The quantitative estimate of drug-likeness (QED) is 0.552. The Morgan fingerprint density at radius 1 is 1.56 bits per heavy atom. The number of rotatable bonds is 1. The van der Waals surface area contributed by atoms with E-state index >= 15 is 0 Å². The molecule has 1 radical (unpaired) electrons. The highest BCUT2D eigenvalue weighted by molar-refractivity contribution is 5.27. The van der Waals surface area contributed by atoms with Crippen molar-refractivity contribution < 1.29 is 0 Å². The third kappa shape index (κ3) is 1.28. The van der Waals surface area contributed by atoms with Crippen molar-refractivity contribution >= 4 is 0 Å². The minimum Gasteiger partial charge on any atom is -0.264 e. The summed E-state index contributed by atoms with van der Waals surface area (Å²) in [6.45, 7) is 4.09. The van der Waals surface area contributed by atoms with Crippen LogP contribution < -0.4 is 0 Å². The first kappa shape index (κ1) is 6.27. The van der Waals surface area contributed by atoms with Crippen molar-refractivity contribution in [3.63, 3.8) is 0 Å². The van der Waals surface area contributed by atoms with Crippen LogP contribution in [0.25, 0.3) is 0 Å². The number of hydrogen-bond acceptors (Lipinski definition) is 1. The first-order chi connectivity index (χ1) is 4.34. The van der Waals surface area contributed by atoms with Crippen LogP contribution in [-0.4, -0.2) is 4.98 Å². The van der Waals surface area contributed by atoms with Crippen LogP contribution in [0.5, 0.6) is 0 Å². The van der Waals surface area contributed by atoms with E-state index in [1.807, 2.05) is 25.4 Å². The first-order valence-corrected chi connectivity index (χ1v) is 3.04. The highest BCUT2D eigenvalue weighted by Crippen LogP contribution is 2.05. The van der Waals surface area contributed by atoms with E-state index in [1.54, 1.807) is 0 Å². The van der Waals surface area contributed by atoms with E-state index in [2.05, 4.69) is 18.3 Å². The smallest absolute Gasteiger partial charge is 0.0299 e. The van der Waals surface area contributed by atoms with E-state index in [0.717, 1.165) is 0 Å². The maximum Gasteiger partial charge on any atom is 0.0299 e. The Morgan fingerprint density at radius 2 is 2.33 bits per heavy atom. The van der Waals surface area contributed by atoms with E-state index in [4.69, 9.17) is 0 Å². The van der Waals surface area contributed by atoms with E-state index in [1.165, 1.54) is 11.1 Å². The molecule has 0 aliphatic carbocycles. The largest absolute Gasteiger partial charge is 0.264 e. The standard InChI is InChI=1S/C8H10N/c1-3-8-4-5-9-6-7(8)2/h3-6H,1-2H3. The van der Waals surface area contributed by atoms with Crippen LogP contribution in [0.15, 0.2) is 18.5 Å². The molecule has 0 aliphatic heterocycles. The van der Waals surface area contributed by atoms with E-state index in [0.29, 0.717) is 0 Å². The molecular formula is C8H10N. The minimum absolute atomic E-state index is 1.24. The maximum absolute atomic E-state index is 3.97. The third-order valence-electron chi connectivity index (χ3n) is 1.37. The van der Waals surface area contributed by atoms with Crippen molar-refractivity contribution in [2.75, 3.05) is 0 Å². The zero-order chi connectivity index (χ0) is 6.69. The summed E-state index contributed by atoms with van der Waals surface area (Å²) in [6.07, 6.45) is 5.76.